The third-order valence-electron chi connectivity index (χ3n) is 5.06. The highest BCUT2D eigenvalue weighted by molar-refractivity contribution is 9.10. The summed E-state index contributed by atoms with van der Waals surface area (Å²) in [6.45, 7) is 0.182. The first-order valence-electron chi connectivity index (χ1n) is 10.3. The molecule has 0 fully saturated rings. The SMILES string of the molecule is O=C(Cn1c(Br)cc(-c2cc(NCc3ccc(Cl)s3)n(C(=O)c3ccon3)n2)cc1=O)c1cnoc1. The standard InChI is InChI=1S/C22H14BrClN6O5S/c23-18-5-12(6-21(32)29(18)10-17(31)13-8-26-35-11-13)16-7-20(25-9-14-1-2-19(24)36-14)30(27-16)22(33)15-3-4-34-28-15/h1-8,11,25H,9-10H2. The summed E-state index contributed by atoms with van der Waals surface area (Å²) in [6, 6.07) is 9.70. The maximum atomic E-state index is 13.0. The van der Waals surface area contributed by atoms with Gasteiger partial charge in [0.15, 0.2) is 11.5 Å². The number of pyridine rings is 1. The van der Waals surface area contributed by atoms with Gasteiger partial charge in [0, 0.05) is 28.6 Å². The molecule has 0 amide bonds. The molecule has 0 radical (unpaired) electrons. The Labute approximate surface area is 219 Å². The molecule has 0 unspecified atom stereocenters. The molecule has 0 aliphatic carbocycles. The predicted octanol–water partition coefficient (Wildman–Crippen LogP) is 4.35. The minimum absolute atomic E-state index is 0.0655. The van der Waals surface area contributed by atoms with Gasteiger partial charge < -0.3 is 14.4 Å². The second-order valence-corrected chi connectivity index (χ2v) is 10.0. The Bertz CT molecular complexity index is 1610. The fourth-order valence-electron chi connectivity index (χ4n) is 3.30. The summed E-state index contributed by atoms with van der Waals surface area (Å²) in [5, 5.41) is 14.8. The summed E-state index contributed by atoms with van der Waals surface area (Å²) < 4.78 is 12.9. The summed E-state index contributed by atoms with van der Waals surface area (Å²) in [6.07, 6.45) is 3.79. The van der Waals surface area contributed by atoms with E-state index in [1.54, 1.807) is 18.2 Å². The van der Waals surface area contributed by atoms with Crippen molar-refractivity contribution in [2.45, 2.75) is 13.1 Å². The molecule has 0 aliphatic rings. The zero-order valence-corrected chi connectivity index (χ0v) is 21.2. The average Bonchev–Trinajstić information content (AvgIpc) is 3.67. The number of carbonyl (C=O) groups is 2. The molecular formula is C22H14BrClN6O5S. The molecule has 5 aromatic rings. The van der Waals surface area contributed by atoms with Crippen LogP contribution in [0.3, 0.4) is 0 Å². The lowest BCUT2D eigenvalue weighted by Crippen LogP contribution is -2.24. The largest absolute Gasteiger partial charge is 0.365 e. The number of Topliss-reactive ketones (excluding diaryl/α,β-unsaturated/α-hetero) is 1. The van der Waals surface area contributed by atoms with Gasteiger partial charge in [-0.05, 0) is 34.1 Å². The molecule has 0 atom stereocenters. The molecule has 182 valence electrons. The van der Waals surface area contributed by atoms with Crippen LogP contribution in [0.2, 0.25) is 4.34 Å². The molecule has 0 saturated carbocycles. The van der Waals surface area contributed by atoms with Crippen LogP contribution in [0.4, 0.5) is 5.82 Å². The van der Waals surface area contributed by atoms with Crippen LogP contribution in [0.5, 0.6) is 0 Å². The van der Waals surface area contributed by atoms with Gasteiger partial charge in [0.2, 0.25) is 0 Å². The third kappa shape index (κ3) is 4.94. The number of nitrogens with one attached hydrogen (secondary N) is 1. The fraction of sp³-hybridized carbons (Fsp3) is 0.0909. The highest BCUT2D eigenvalue weighted by atomic mass is 79.9. The molecule has 36 heavy (non-hydrogen) atoms. The smallest absolute Gasteiger partial charge is 0.302 e. The molecule has 5 heterocycles. The van der Waals surface area contributed by atoms with Crippen molar-refractivity contribution in [3.63, 3.8) is 0 Å². The van der Waals surface area contributed by atoms with Crippen molar-refractivity contribution in [1.82, 2.24) is 24.7 Å². The van der Waals surface area contributed by atoms with Crippen molar-refractivity contribution in [3.8, 4) is 11.3 Å². The predicted molar refractivity (Wildman–Crippen MR) is 133 cm³/mol. The Morgan fingerprint density at radius 1 is 1.17 bits per heavy atom. The van der Waals surface area contributed by atoms with Crippen molar-refractivity contribution >= 4 is 56.4 Å². The van der Waals surface area contributed by atoms with Gasteiger partial charge in [-0.2, -0.15) is 9.78 Å². The van der Waals surface area contributed by atoms with E-state index < -0.39 is 11.5 Å². The number of nitrogens with zero attached hydrogens (tertiary/aromatic N) is 5. The van der Waals surface area contributed by atoms with E-state index in [4.69, 9.17) is 16.1 Å². The number of anilines is 1. The molecule has 0 aliphatic heterocycles. The van der Waals surface area contributed by atoms with Crippen molar-refractivity contribution in [2.75, 3.05) is 5.32 Å². The molecule has 0 aromatic carbocycles. The number of hydrogen-bond acceptors (Lipinski definition) is 10. The van der Waals surface area contributed by atoms with Gasteiger partial charge in [0.05, 0.1) is 39.5 Å². The molecular weight excluding hydrogens is 576 g/mol. The van der Waals surface area contributed by atoms with Gasteiger partial charge >= 0.3 is 5.91 Å². The Morgan fingerprint density at radius 3 is 2.69 bits per heavy atom. The zero-order valence-electron chi connectivity index (χ0n) is 18.1. The van der Waals surface area contributed by atoms with Crippen molar-refractivity contribution in [1.29, 1.82) is 0 Å². The molecule has 0 spiro atoms. The zero-order chi connectivity index (χ0) is 25.2. The Kier molecular flexibility index (Phi) is 6.67. The highest BCUT2D eigenvalue weighted by Crippen LogP contribution is 2.26. The number of ketones is 1. The Morgan fingerprint density at radius 2 is 2.03 bits per heavy atom. The quantitative estimate of drug-likeness (QED) is 0.207. The maximum Gasteiger partial charge on any atom is 0.302 e. The van der Waals surface area contributed by atoms with Crippen LogP contribution in [-0.4, -0.2) is 36.4 Å². The number of thiophene rings is 1. The van der Waals surface area contributed by atoms with Crippen LogP contribution in [0.1, 0.15) is 25.7 Å². The van der Waals surface area contributed by atoms with E-state index in [2.05, 4.69) is 41.2 Å². The molecule has 5 aromatic heterocycles. The van der Waals surface area contributed by atoms with Crippen LogP contribution in [0, 0.1) is 0 Å². The summed E-state index contributed by atoms with van der Waals surface area (Å²) >= 11 is 10.8. The van der Waals surface area contributed by atoms with E-state index in [9.17, 15) is 14.4 Å². The van der Waals surface area contributed by atoms with E-state index in [0.717, 1.165) is 9.56 Å². The lowest BCUT2D eigenvalue weighted by Gasteiger charge is -2.08. The van der Waals surface area contributed by atoms with Gasteiger partial charge in [-0.25, -0.2) is 0 Å². The van der Waals surface area contributed by atoms with Crippen LogP contribution in [0.25, 0.3) is 11.3 Å². The number of aromatic nitrogens is 5. The van der Waals surface area contributed by atoms with E-state index >= 15 is 0 Å². The van der Waals surface area contributed by atoms with E-state index in [1.807, 2.05) is 6.07 Å². The van der Waals surface area contributed by atoms with Gasteiger partial charge in [0.25, 0.3) is 5.56 Å². The van der Waals surface area contributed by atoms with Crippen LogP contribution < -0.4 is 10.9 Å². The van der Waals surface area contributed by atoms with Crippen molar-refractivity contribution in [2.24, 2.45) is 0 Å². The minimum atomic E-state index is -0.520. The first kappa shape index (κ1) is 23.9. The van der Waals surface area contributed by atoms with Gasteiger partial charge in [-0.3, -0.25) is 19.0 Å². The molecule has 1 N–H and O–H groups in total. The summed E-state index contributed by atoms with van der Waals surface area (Å²) in [4.78, 5) is 39.2. The lowest BCUT2D eigenvalue weighted by atomic mass is 10.2. The Hall–Kier alpha value is -3.81. The molecule has 0 saturated heterocycles. The molecule has 14 heteroatoms. The topological polar surface area (TPSA) is 138 Å². The Balaban J connectivity index is 1.47. The van der Waals surface area contributed by atoms with Crippen LogP contribution >= 0.6 is 38.9 Å². The van der Waals surface area contributed by atoms with Crippen LogP contribution in [0.15, 0.2) is 73.6 Å². The van der Waals surface area contributed by atoms with Gasteiger partial charge in [0.1, 0.15) is 18.3 Å². The van der Waals surface area contributed by atoms with E-state index in [1.165, 1.54) is 46.8 Å². The highest BCUT2D eigenvalue weighted by Gasteiger charge is 2.21. The first-order valence-corrected chi connectivity index (χ1v) is 12.2. The number of hydrogen-bond donors (Lipinski definition) is 1. The van der Waals surface area contributed by atoms with Gasteiger partial charge in [-0.1, -0.05) is 21.9 Å². The minimum Gasteiger partial charge on any atom is -0.365 e. The monoisotopic (exact) mass is 588 g/mol. The second-order valence-electron chi connectivity index (χ2n) is 7.40. The molecule has 11 nitrogen and oxygen atoms in total. The van der Waals surface area contributed by atoms with E-state index in [-0.39, 0.29) is 23.6 Å². The summed E-state index contributed by atoms with van der Waals surface area (Å²) in [5.41, 5.74) is 0.675. The maximum absolute atomic E-state index is 13.0. The van der Waals surface area contributed by atoms with E-state index in [0.29, 0.717) is 32.6 Å². The number of rotatable bonds is 8. The normalized spacial score (nSPS) is 11.1. The van der Waals surface area contributed by atoms with Crippen molar-refractivity contribution < 1.29 is 18.6 Å². The fourth-order valence-corrected chi connectivity index (χ4v) is 4.88. The number of carbonyl (C=O) groups excluding carboxylic acids is 2. The second kappa shape index (κ2) is 10.0. The average molecular weight is 590 g/mol. The molecule has 0 bridgehead atoms. The third-order valence-corrected chi connectivity index (χ3v) is 6.95. The number of halogens is 2. The first-order chi connectivity index (χ1) is 17.4. The van der Waals surface area contributed by atoms with Gasteiger partial charge in [-0.15, -0.1) is 11.3 Å². The van der Waals surface area contributed by atoms with Crippen LogP contribution in [-0.2, 0) is 13.1 Å². The summed E-state index contributed by atoms with van der Waals surface area (Å²) in [5.74, 6) is -0.478. The lowest BCUT2D eigenvalue weighted by molar-refractivity contribution is 0.0936. The molecule has 5 rings (SSSR count). The van der Waals surface area contributed by atoms with Crippen molar-refractivity contribution in [3.05, 3.63) is 90.5 Å². The summed E-state index contributed by atoms with van der Waals surface area (Å²) in [7, 11) is 0.